The minimum Gasteiger partial charge on any atom is -0.481 e. The largest absolute Gasteiger partial charge is 0.481 e. The number of nitrogens with one attached hydrogen (secondary N) is 3. The molecule has 1 aromatic rings. The van der Waals surface area contributed by atoms with Crippen molar-refractivity contribution in [3.63, 3.8) is 0 Å². The number of nitrogens with two attached hydrogens (primary N) is 1. The molecule has 0 bridgehead atoms. The predicted octanol–water partition coefficient (Wildman–Crippen LogP) is -1.95. The van der Waals surface area contributed by atoms with Crippen molar-refractivity contribution in [2.75, 3.05) is 6.54 Å². The Morgan fingerprint density at radius 2 is 1.72 bits per heavy atom. The van der Waals surface area contributed by atoms with Crippen LogP contribution in [0.1, 0.15) is 44.2 Å². The number of nitrogens with zero attached hydrogens (tertiary/aromatic N) is 2. The Morgan fingerprint density at radius 1 is 1.06 bits per heavy atom. The Morgan fingerprint density at radius 3 is 2.31 bits per heavy atom. The van der Waals surface area contributed by atoms with E-state index in [4.69, 9.17) is 15.9 Å². The van der Waals surface area contributed by atoms with Crippen molar-refractivity contribution in [1.82, 2.24) is 25.5 Å². The number of carbonyl (C=O) groups excluding carboxylic acids is 3. The van der Waals surface area contributed by atoms with Crippen LogP contribution in [0.2, 0.25) is 0 Å². The van der Waals surface area contributed by atoms with E-state index in [1.165, 1.54) is 17.4 Å². The molecular weight excluding hydrogens is 480 g/mol. The number of hydrogen-bond donors (Lipinski definition) is 7. The van der Waals surface area contributed by atoms with Gasteiger partial charge in [-0.25, -0.2) is 9.78 Å². The lowest BCUT2D eigenvalue weighted by Gasteiger charge is -2.29. The second-order valence-corrected chi connectivity index (χ2v) is 8.40. The van der Waals surface area contributed by atoms with E-state index in [2.05, 4.69) is 20.6 Å². The molecule has 1 aromatic heterocycles. The van der Waals surface area contributed by atoms with Gasteiger partial charge in [0.25, 0.3) is 0 Å². The summed E-state index contributed by atoms with van der Waals surface area (Å²) >= 11 is 0. The van der Waals surface area contributed by atoms with Gasteiger partial charge in [-0.05, 0) is 25.7 Å². The van der Waals surface area contributed by atoms with Crippen LogP contribution in [0, 0.1) is 0 Å². The van der Waals surface area contributed by atoms with E-state index in [1.807, 2.05) is 0 Å². The number of aromatic nitrogens is 2. The minimum atomic E-state index is -1.45. The van der Waals surface area contributed by atoms with E-state index in [1.54, 1.807) is 0 Å². The minimum absolute atomic E-state index is 0.0164. The van der Waals surface area contributed by atoms with Gasteiger partial charge < -0.3 is 41.6 Å². The van der Waals surface area contributed by atoms with Gasteiger partial charge in [-0.3, -0.25) is 24.0 Å². The van der Waals surface area contributed by atoms with Crippen LogP contribution in [-0.4, -0.2) is 96.5 Å². The van der Waals surface area contributed by atoms with Gasteiger partial charge in [0.05, 0.1) is 12.4 Å². The lowest BCUT2D eigenvalue weighted by Crippen LogP contribution is -2.57. The maximum atomic E-state index is 13.4. The summed E-state index contributed by atoms with van der Waals surface area (Å²) in [6.45, 7) is 0.171. The van der Waals surface area contributed by atoms with E-state index in [-0.39, 0.29) is 38.6 Å². The second kappa shape index (κ2) is 13.2. The van der Waals surface area contributed by atoms with E-state index in [0.717, 1.165) is 0 Å². The molecular formula is C21H30N6O9. The summed E-state index contributed by atoms with van der Waals surface area (Å²) in [5.74, 6) is -5.85. The van der Waals surface area contributed by atoms with E-state index in [0.29, 0.717) is 12.1 Å². The average molecular weight is 511 g/mol. The van der Waals surface area contributed by atoms with Crippen LogP contribution in [0.25, 0.3) is 0 Å². The number of hydrogen-bond acceptors (Lipinski definition) is 8. The molecule has 1 aliphatic rings. The molecule has 2 rings (SSSR count). The van der Waals surface area contributed by atoms with E-state index < -0.39 is 66.2 Å². The van der Waals surface area contributed by atoms with Crippen molar-refractivity contribution in [1.29, 1.82) is 0 Å². The fourth-order valence-electron chi connectivity index (χ4n) is 3.80. The zero-order chi connectivity index (χ0) is 26.8. The first kappa shape index (κ1) is 28.2. The molecule has 2 heterocycles. The molecule has 0 saturated carbocycles. The van der Waals surface area contributed by atoms with Crippen LogP contribution in [0.15, 0.2) is 12.5 Å². The van der Waals surface area contributed by atoms with Crippen molar-refractivity contribution >= 4 is 35.6 Å². The SMILES string of the molecule is NC(CCC(=O)O)C(=O)NC(Cc1cnc[nH]1)C(=O)N1CCCC1C(=O)NC(CCC(=O)O)C(=O)O. The first-order chi connectivity index (χ1) is 17.0. The molecule has 0 aliphatic carbocycles. The third-order valence-electron chi connectivity index (χ3n) is 5.70. The number of aromatic amines is 1. The standard InChI is InChI=1S/C21H30N6O9/c22-12(3-5-16(28)29)18(32)26-14(8-11-9-23-10-24-11)20(34)27-7-1-2-15(27)19(33)25-13(21(35)36)4-6-17(30)31/h9-10,12-15H,1-8,22H2,(H,23,24)(H,25,33)(H,26,32)(H,28,29)(H,30,31)(H,35,36). The molecule has 0 radical (unpaired) electrons. The Balaban J connectivity index is 2.14. The quantitative estimate of drug-likeness (QED) is 0.145. The molecule has 15 heteroatoms. The first-order valence-electron chi connectivity index (χ1n) is 11.3. The molecule has 1 saturated heterocycles. The fourth-order valence-corrected chi connectivity index (χ4v) is 3.80. The molecule has 0 spiro atoms. The Bertz CT molecular complexity index is 967. The number of amides is 3. The highest BCUT2D eigenvalue weighted by Crippen LogP contribution is 2.20. The summed E-state index contributed by atoms with van der Waals surface area (Å²) in [6.07, 6.45) is 2.22. The van der Waals surface area contributed by atoms with E-state index >= 15 is 0 Å². The van der Waals surface area contributed by atoms with Crippen LogP contribution in [0.4, 0.5) is 0 Å². The van der Waals surface area contributed by atoms with Crippen LogP contribution in [-0.2, 0) is 35.2 Å². The van der Waals surface area contributed by atoms with Gasteiger partial charge in [0.1, 0.15) is 18.1 Å². The number of carboxylic acid groups (broad SMARTS) is 3. The highest BCUT2D eigenvalue weighted by atomic mass is 16.4. The number of carbonyl (C=O) groups is 6. The van der Waals surface area contributed by atoms with Crippen LogP contribution < -0.4 is 16.4 Å². The van der Waals surface area contributed by atoms with Gasteiger partial charge in [0.2, 0.25) is 17.7 Å². The van der Waals surface area contributed by atoms with Gasteiger partial charge >= 0.3 is 17.9 Å². The molecule has 36 heavy (non-hydrogen) atoms. The average Bonchev–Trinajstić information content (AvgIpc) is 3.50. The summed E-state index contributed by atoms with van der Waals surface area (Å²) in [5.41, 5.74) is 6.27. The highest BCUT2D eigenvalue weighted by molar-refractivity contribution is 5.94. The van der Waals surface area contributed by atoms with Crippen molar-refractivity contribution in [2.45, 2.75) is 69.1 Å². The number of rotatable bonds is 14. The number of likely N-dealkylation sites (tertiary alicyclic amines) is 1. The monoisotopic (exact) mass is 510 g/mol. The van der Waals surface area contributed by atoms with Gasteiger partial charge in [-0.15, -0.1) is 0 Å². The molecule has 3 amide bonds. The number of aliphatic carboxylic acids is 3. The van der Waals surface area contributed by atoms with Crippen LogP contribution in [0.5, 0.6) is 0 Å². The molecule has 1 aliphatic heterocycles. The van der Waals surface area contributed by atoms with Gasteiger partial charge in [0, 0.05) is 37.7 Å². The first-order valence-corrected chi connectivity index (χ1v) is 11.3. The lowest BCUT2D eigenvalue weighted by atomic mass is 10.1. The van der Waals surface area contributed by atoms with Gasteiger partial charge in [-0.1, -0.05) is 0 Å². The molecule has 4 unspecified atom stereocenters. The second-order valence-electron chi connectivity index (χ2n) is 8.40. The summed E-state index contributed by atoms with van der Waals surface area (Å²) in [7, 11) is 0. The molecule has 1 fully saturated rings. The van der Waals surface area contributed by atoms with Crippen LogP contribution in [0.3, 0.4) is 0 Å². The molecule has 198 valence electrons. The summed E-state index contributed by atoms with van der Waals surface area (Å²) < 4.78 is 0. The van der Waals surface area contributed by atoms with Crippen molar-refractivity contribution < 1.29 is 44.1 Å². The number of carboxylic acids is 3. The molecule has 4 atom stereocenters. The van der Waals surface area contributed by atoms with Crippen molar-refractivity contribution in [2.24, 2.45) is 5.73 Å². The summed E-state index contributed by atoms with van der Waals surface area (Å²) in [5, 5.41) is 31.7. The van der Waals surface area contributed by atoms with Gasteiger partial charge in [0.15, 0.2) is 0 Å². The maximum absolute atomic E-state index is 13.4. The highest BCUT2D eigenvalue weighted by Gasteiger charge is 2.39. The Labute approximate surface area is 205 Å². The summed E-state index contributed by atoms with van der Waals surface area (Å²) in [4.78, 5) is 79.7. The summed E-state index contributed by atoms with van der Waals surface area (Å²) in [6, 6.07) is -4.81. The topological polar surface area (TPSA) is 245 Å². The zero-order valence-electron chi connectivity index (χ0n) is 19.4. The Kier molecular flexibility index (Phi) is 10.3. The normalized spacial score (nSPS) is 17.6. The Hall–Kier alpha value is -4.01. The third kappa shape index (κ3) is 8.33. The van der Waals surface area contributed by atoms with Gasteiger partial charge in [-0.2, -0.15) is 0 Å². The lowest BCUT2D eigenvalue weighted by molar-refractivity contribution is -0.145. The fraction of sp³-hybridized carbons (Fsp3) is 0.571. The van der Waals surface area contributed by atoms with E-state index in [9.17, 15) is 33.9 Å². The molecule has 8 N–H and O–H groups in total. The molecule has 15 nitrogen and oxygen atoms in total. The maximum Gasteiger partial charge on any atom is 0.326 e. The zero-order valence-corrected chi connectivity index (χ0v) is 19.4. The van der Waals surface area contributed by atoms with Crippen LogP contribution >= 0.6 is 0 Å². The number of imidazole rings is 1. The smallest absolute Gasteiger partial charge is 0.326 e. The van der Waals surface area contributed by atoms with Crippen molar-refractivity contribution in [3.05, 3.63) is 18.2 Å². The third-order valence-corrected chi connectivity index (χ3v) is 5.70. The predicted molar refractivity (Wildman–Crippen MR) is 120 cm³/mol. The number of H-pyrrole nitrogens is 1. The molecule has 0 aromatic carbocycles. The van der Waals surface area contributed by atoms with Crippen molar-refractivity contribution in [3.8, 4) is 0 Å².